The molecule has 0 spiro atoms. The summed E-state index contributed by atoms with van der Waals surface area (Å²) < 4.78 is 12.6. The zero-order valence-corrected chi connectivity index (χ0v) is 8.69. The number of anilines is 1. The van der Waals surface area contributed by atoms with Gasteiger partial charge in [-0.15, -0.1) is 11.3 Å². The maximum absolute atomic E-state index is 12.6. The molecule has 15 heavy (non-hydrogen) atoms. The van der Waals surface area contributed by atoms with Gasteiger partial charge in [0.15, 0.2) is 5.13 Å². The van der Waals surface area contributed by atoms with Crippen LogP contribution in [0.2, 0.25) is 0 Å². The molecule has 0 aliphatic carbocycles. The van der Waals surface area contributed by atoms with Crippen LogP contribution in [-0.2, 0) is 0 Å². The third-order valence-electron chi connectivity index (χ3n) is 1.73. The number of thiazole rings is 1. The maximum Gasteiger partial charge on any atom is 0.273 e. The van der Waals surface area contributed by atoms with E-state index in [1.54, 1.807) is 0 Å². The zero-order chi connectivity index (χ0) is 10.8. The van der Waals surface area contributed by atoms with Gasteiger partial charge in [-0.05, 0) is 6.92 Å². The average molecular weight is 225 g/mol. The molecule has 0 aliphatic rings. The lowest BCUT2D eigenvalue weighted by Crippen LogP contribution is -2.11. The summed E-state index contributed by atoms with van der Waals surface area (Å²) in [5.41, 5.74) is 1.02. The van der Waals surface area contributed by atoms with E-state index in [0.717, 1.165) is 18.0 Å². The predicted molar refractivity (Wildman–Crippen MR) is 55.6 cm³/mol. The summed E-state index contributed by atoms with van der Waals surface area (Å²) in [5, 5.41) is 4.89. The lowest BCUT2D eigenvalue weighted by Gasteiger charge is -1.97. The zero-order valence-electron chi connectivity index (χ0n) is 7.87. The summed E-state index contributed by atoms with van der Waals surface area (Å²) in [7, 11) is 0. The van der Waals surface area contributed by atoms with E-state index in [4.69, 9.17) is 0 Å². The first-order valence-corrected chi connectivity index (χ1v) is 5.10. The van der Waals surface area contributed by atoms with E-state index in [9.17, 15) is 9.18 Å². The standard InChI is InChI=1S/C9H8FN3OS/c1-5-4-15-9(12-5)13-8(14)7-2-6(10)3-11-7/h2-4,11H,1H3,(H,12,13,14). The Hall–Kier alpha value is -1.69. The molecule has 0 atom stereocenters. The smallest absolute Gasteiger partial charge is 0.273 e. The molecule has 2 N–H and O–H groups in total. The van der Waals surface area contributed by atoms with E-state index >= 15 is 0 Å². The van der Waals surface area contributed by atoms with Crippen molar-refractivity contribution in [1.82, 2.24) is 9.97 Å². The number of hydrogen-bond acceptors (Lipinski definition) is 3. The molecule has 6 heteroatoms. The van der Waals surface area contributed by atoms with Crippen LogP contribution >= 0.6 is 11.3 Å². The lowest BCUT2D eigenvalue weighted by molar-refractivity contribution is 0.102. The van der Waals surface area contributed by atoms with Gasteiger partial charge in [-0.1, -0.05) is 0 Å². The van der Waals surface area contributed by atoms with Crippen LogP contribution in [0.4, 0.5) is 9.52 Å². The van der Waals surface area contributed by atoms with Gasteiger partial charge in [0.05, 0.1) is 5.69 Å². The molecule has 0 aliphatic heterocycles. The van der Waals surface area contributed by atoms with Gasteiger partial charge in [0.25, 0.3) is 5.91 Å². The second-order valence-electron chi connectivity index (χ2n) is 2.98. The molecule has 4 nitrogen and oxygen atoms in total. The molecule has 0 saturated carbocycles. The average Bonchev–Trinajstić information content (AvgIpc) is 2.75. The number of carbonyl (C=O) groups excluding carboxylic acids is 1. The largest absolute Gasteiger partial charge is 0.355 e. The topological polar surface area (TPSA) is 57.8 Å². The third kappa shape index (κ3) is 2.21. The fraction of sp³-hybridized carbons (Fsp3) is 0.111. The van der Waals surface area contributed by atoms with Gasteiger partial charge in [0, 0.05) is 17.6 Å². The highest BCUT2D eigenvalue weighted by molar-refractivity contribution is 7.13. The SMILES string of the molecule is Cc1csc(NC(=O)c2cc(F)c[nH]2)n1. The van der Waals surface area contributed by atoms with Crippen LogP contribution in [0.3, 0.4) is 0 Å². The fourth-order valence-electron chi connectivity index (χ4n) is 1.07. The van der Waals surface area contributed by atoms with Gasteiger partial charge in [0.2, 0.25) is 0 Å². The molecule has 78 valence electrons. The molecule has 0 bridgehead atoms. The summed E-state index contributed by atoms with van der Waals surface area (Å²) >= 11 is 1.33. The number of rotatable bonds is 2. The molecule has 0 aromatic carbocycles. The monoisotopic (exact) mass is 225 g/mol. The molecule has 1 amide bonds. The number of hydrogen-bond donors (Lipinski definition) is 2. The minimum Gasteiger partial charge on any atom is -0.355 e. The van der Waals surface area contributed by atoms with Gasteiger partial charge in [-0.25, -0.2) is 9.37 Å². The minimum atomic E-state index is -0.463. The van der Waals surface area contributed by atoms with Crippen molar-refractivity contribution in [3.8, 4) is 0 Å². The van der Waals surface area contributed by atoms with Crippen LogP contribution in [0.15, 0.2) is 17.6 Å². The molecule has 2 rings (SSSR count). The number of nitrogens with zero attached hydrogens (tertiary/aromatic N) is 1. The molecule has 2 aromatic rings. The number of H-pyrrole nitrogens is 1. The Labute approximate surface area is 89.2 Å². The number of aromatic nitrogens is 2. The molecule has 2 aromatic heterocycles. The lowest BCUT2D eigenvalue weighted by atomic mass is 10.4. The summed E-state index contributed by atoms with van der Waals surface area (Å²) in [6.45, 7) is 1.83. The highest BCUT2D eigenvalue weighted by atomic mass is 32.1. The normalized spacial score (nSPS) is 10.3. The van der Waals surface area contributed by atoms with Crippen LogP contribution in [0.1, 0.15) is 16.2 Å². The molecule has 0 fully saturated rings. The van der Waals surface area contributed by atoms with E-state index in [1.807, 2.05) is 12.3 Å². The van der Waals surface area contributed by atoms with Crippen molar-refractivity contribution in [2.75, 3.05) is 5.32 Å². The summed E-state index contributed by atoms with van der Waals surface area (Å²) in [5.74, 6) is -0.858. The molecular weight excluding hydrogens is 217 g/mol. The molecule has 2 heterocycles. The van der Waals surface area contributed by atoms with Gasteiger partial charge in [-0.2, -0.15) is 0 Å². The quantitative estimate of drug-likeness (QED) is 0.822. The number of amides is 1. The number of carbonyl (C=O) groups is 1. The van der Waals surface area contributed by atoms with Crippen LogP contribution < -0.4 is 5.32 Å². The first-order chi connectivity index (χ1) is 7.15. The molecule has 0 unspecified atom stereocenters. The number of aromatic amines is 1. The molecule has 0 saturated heterocycles. The van der Waals surface area contributed by atoms with Crippen LogP contribution in [0, 0.1) is 12.7 Å². The first-order valence-electron chi connectivity index (χ1n) is 4.22. The van der Waals surface area contributed by atoms with Crippen molar-refractivity contribution in [3.05, 3.63) is 34.8 Å². The first kappa shape index (κ1) is 9.85. The van der Waals surface area contributed by atoms with Crippen LogP contribution in [0.25, 0.3) is 0 Å². The van der Waals surface area contributed by atoms with Crippen LogP contribution in [0.5, 0.6) is 0 Å². The molecule has 0 radical (unpaired) electrons. The van der Waals surface area contributed by atoms with Gasteiger partial charge >= 0.3 is 0 Å². The van der Waals surface area contributed by atoms with E-state index in [2.05, 4.69) is 15.3 Å². The Kier molecular flexibility index (Phi) is 2.51. The van der Waals surface area contributed by atoms with Crippen molar-refractivity contribution < 1.29 is 9.18 Å². The third-order valence-corrected chi connectivity index (χ3v) is 2.61. The van der Waals surface area contributed by atoms with Crippen molar-refractivity contribution in [2.24, 2.45) is 0 Å². The number of nitrogens with one attached hydrogen (secondary N) is 2. The Morgan fingerprint density at radius 2 is 2.47 bits per heavy atom. The van der Waals surface area contributed by atoms with Crippen molar-refractivity contribution in [1.29, 1.82) is 0 Å². The van der Waals surface area contributed by atoms with E-state index < -0.39 is 11.7 Å². The summed E-state index contributed by atoms with van der Waals surface area (Å²) in [4.78, 5) is 18.1. The van der Waals surface area contributed by atoms with Gasteiger partial charge in [0.1, 0.15) is 11.5 Å². The van der Waals surface area contributed by atoms with E-state index in [1.165, 1.54) is 11.3 Å². The van der Waals surface area contributed by atoms with E-state index in [0.29, 0.717) is 5.13 Å². The molecular formula is C9H8FN3OS. The van der Waals surface area contributed by atoms with Crippen molar-refractivity contribution in [3.63, 3.8) is 0 Å². The van der Waals surface area contributed by atoms with Crippen LogP contribution in [-0.4, -0.2) is 15.9 Å². The van der Waals surface area contributed by atoms with Gasteiger partial charge < -0.3 is 4.98 Å². The second kappa shape index (κ2) is 3.82. The Balaban J connectivity index is 2.10. The number of aryl methyl sites for hydroxylation is 1. The second-order valence-corrected chi connectivity index (χ2v) is 3.84. The summed E-state index contributed by atoms with van der Waals surface area (Å²) in [6.07, 6.45) is 1.13. The van der Waals surface area contributed by atoms with Gasteiger partial charge in [-0.3, -0.25) is 10.1 Å². The van der Waals surface area contributed by atoms with Crippen molar-refractivity contribution in [2.45, 2.75) is 6.92 Å². The summed E-state index contributed by atoms with van der Waals surface area (Å²) in [6, 6.07) is 1.13. The van der Waals surface area contributed by atoms with E-state index in [-0.39, 0.29) is 5.69 Å². The highest BCUT2D eigenvalue weighted by Crippen LogP contribution is 2.15. The predicted octanol–water partition coefficient (Wildman–Crippen LogP) is 2.17. The van der Waals surface area contributed by atoms with Crippen molar-refractivity contribution >= 4 is 22.4 Å². The Morgan fingerprint density at radius 3 is 3.00 bits per heavy atom. The highest BCUT2D eigenvalue weighted by Gasteiger charge is 2.10. The Bertz CT molecular complexity index is 491. The maximum atomic E-state index is 12.6. The fourth-order valence-corrected chi connectivity index (χ4v) is 1.76. The minimum absolute atomic E-state index is 0.181. The number of halogens is 1. The Morgan fingerprint density at radius 1 is 1.67 bits per heavy atom.